The third-order valence-electron chi connectivity index (χ3n) is 3.64. The van der Waals surface area contributed by atoms with Gasteiger partial charge in [-0.05, 0) is 24.7 Å². The monoisotopic (exact) mass is 347 g/mol. The highest BCUT2D eigenvalue weighted by molar-refractivity contribution is 5.54. The van der Waals surface area contributed by atoms with Gasteiger partial charge in [-0.3, -0.25) is 4.90 Å². The van der Waals surface area contributed by atoms with Crippen molar-refractivity contribution in [3.63, 3.8) is 0 Å². The molecule has 0 N–H and O–H groups in total. The minimum atomic E-state index is -4.36. The molecule has 0 spiro atoms. The number of nitrogens with zero attached hydrogens (tertiary/aromatic N) is 3. The van der Waals surface area contributed by atoms with Crippen LogP contribution in [0.4, 0.5) is 13.2 Å². The van der Waals surface area contributed by atoms with E-state index in [1.54, 1.807) is 0 Å². The zero-order chi connectivity index (χ0) is 17.9. The predicted octanol–water partition coefficient (Wildman–Crippen LogP) is 4.39. The molecule has 4 nitrogen and oxygen atoms in total. The van der Waals surface area contributed by atoms with Crippen LogP contribution in [0.15, 0.2) is 59.1 Å². The van der Waals surface area contributed by atoms with Crippen LogP contribution >= 0.6 is 0 Å². The first kappa shape index (κ1) is 17.2. The molecule has 3 rings (SSSR count). The lowest BCUT2D eigenvalue weighted by molar-refractivity contribution is -0.137. The third-order valence-corrected chi connectivity index (χ3v) is 3.64. The average Bonchev–Trinajstić information content (AvgIpc) is 3.03. The van der Waals surface area contributed by atoms with Crippen LogP contribution < -0.4 is 0 Å². The molecule has 0 fully saturated rings. The number of hydrogen-bond acceptors (Lipinski definition) is 4. The van der Waals surface area contributed by atoms with Crippen molar-refractivity contribution in [3.05, 3.63) is 71.6 Å². The molecular formula is C18H16F3N3O. The van der Waals surface area contributed by atoms with E-state index in [9.17, 15) is 13.2 Å². The molecule has 1 aromatic heterocycles. The Balaban J connectivity index is 1.66. The summed E-state index contributed by atoms with van der Waals surface area (Å²) in [6, 6.07) is 14.6. The van der Waals surface area contributed by atoms with Crippen molar-refractivity contribution in [2.75, 3.05) is 7.05 Å². The summed E-state index contributed by atoms with van der Waals surface area (Å²) >= 11 is 0. The van der Waals surface area contributed by atoms with Gasteiger partial charge >= 0.3 is 6.18 Å². The van der Waals surface area contributed by atoms with Crippen molar-refractivity contribution in [2.45, 2.75) is 19.3 Å². The second kappa shape index (κ2) is 7.06. The van der Waals surface area contributed by atoms with Crippen molar-refractivity contribution < 1.29 is 17.7 Å². The molecule has 0 aliphatic carbocycles. The van der Waals surface area contributed by atoms with E-state index in [0.29, 0.717) is 18.0 Å². The lowest BCUT2D eigenvalue weighted by Crippen LogP contribution is -2.17. The first-order valence-corrected chi connectivity index (χ1v) is 7.64. The average molecular weight is 347 g/mol. The molecule has 7 heteroatoms. The van der Waals surface area contributed by atoms with Gasteiger partial charge < -0.3 is 4.52 Å². The number of hydrogen-bond donors (Lipinski definition) is 0. The fourth-order valence-corrected chi connectivity index (χ4v) is 2.43. The summed E-state index contributed by atoms with van der Waals surface area (Å²) in [6.45, 7) is 1.17. The summed E-state index contributed by atoms with van der Waals surface area (Å²) in [5.74, 6) is 0.685. The van der Waals surface area contributed by atoms with Gasteiger partial charge in [-0.2, -0.15) is 18.2 Å². The van der Waals surface area contributed by atoms with Crippen LogP contribution in [-0.2, 0) is 19.3 Å². The minimum Gasteiger partial charge on any atom is -0.338 e. The molecule has 0 amide bonds. The first-order valence-electron chi connectivity index (χ1n) is 7.64. The van der Waals surface area contributed by atoms with Gasteiger partial charge in [0.1, 0.15) is 0 Å². The molecular weight excluding hydrogens is 331 g/mol. The van der Waals surface area contributed by atoms with Crippen LogP contribution in [0.2, 0.25) is 0 Å². The van der Waals surface area contributed by atoms with Crippen LogP contribution in [-0.4, -0.2) is 22.1 Å². The molecule has 0 bridgehead atoms. The molecule has 2 aromatic carbocycles. The van der Waals surface area contributed by atoms with Gasteiger partial charge in [-0.25, -0.2) is 0 Å². The Morgan fingerprint density at radius 2 is 1.64 bits per heavy atom. The molecule has 0 saturated heterocycles. The molecule has 25 heavy (non-hydrogen) atoms. The molecule has 0 unspecified atom stereocenters. The van der Waals surface area contributed by atoms with E-state index in [1.807, 2.05) is 42.3 Å². The van der Waals surface area contributed by atoms with E-state index in [0.717, 1.165) is 24.2 Å². The van der Waals surface area contributed by atoms with Crippen LogP contribution in [0.25, 0.3) is 11.4 Å². The lowest BCUT2D eigenvalue weighted by atomic mass is 10.1. The van der Waals surface area contributed by atoms with Gasteiger partial charge in [-0.15, -0.1) is 0 Å². The normalized spacial score (nSPS) is 11.9. The Hall–Kier alpha value is -2.67. The van der Waals surface area contributed by atoms with E-state index in [4.69, 9.17) is 4.52 Å². The van der Waals surface area contributed by atoms with Crippen LogP contribution in [0.3, 0.4) is 0 Å². The summed E-state index contributed by atoms with van der Waals surface area (Å²) in [4.78, 5) is 6.27. The van der Waals surface area contributed by atoms with Gasteiger partial charge in [-0.1, -0.05) is 47.6 Å². The second-order valence-corrected chi connectivity index (χ2v) is 5.74. The highest BCUT2D eigenvalue weighted by Gasteiger charge is 2.30. The Labute approximate surface area is 142 Å². The van der Waals surface area contributed by atoms with Crippen molar-refractivity contribution in [1.29, 1.82) is 0 Å². The maximum Gasteiger partial charge on any atom is 0.416 e. The fraction of sp³-hybridized carbons (Fsp3) is 0.222. The highest BCUT2D eigenvalue weighted by Crippen LogP contribution is 2.30. The Morgan fingerprint density at radius 3 is 2.28 bits per heavy atom. The zero-order valence-electron chi connectivity index (χ0n) is 13.5. The van der Waals surface area contributed by atoms with Crippen molar-refractivity contribution >= 4 is 0 Å². The Morgan fingerprint density at radius 1 is 0.960 bits per heavy atom. The second-order valence-electron chi connectivity index (χ2n) is 5.74. The van der Waals surface area contributed by atoms with Gasteiger partial charge in [0, 0.05) is 12.1 Å². The van der Waals surface area contributed by atoms with E-state index in [2.05, 4.69) is 10.1 Å². The summed E-state index contributed by atoms with van der Waals surface area (Å²) in [7, 11) is 1.93. The zero-order valence-corrected chi connectivity index (χ0v) is 13.5. The molecule has 0 atom stereocenters. The van der Waals surface area contributed by atoms with Crippen LogP contribution in [0, 0.1) is 0 Å². The maximum absolute atomic E-state index is 12.6. The van der Waals surface area contributed by atoms with Gasteiger partial charge in [0.15, 0.2) is 0 Å². The molecule has 0 radical (unpaired) electrons. The predicted molar refractivity (Wildman–Crippen MR) is 86.3 cm³/mol. The smallest absolute Gasteiger partial charge is 0.338 e. The molecule has 0 aliphatic heterocycles. The maximum atomic E-state index is 12.6. The number of halogens is 3. The van der Waals surface area contributed by atoms with E-state index < -0.39 is 11.7 Å². The van der Waals surface area contributed by atoms with Gasteiger partial charge in [0.25, 0.3) is 0 Å². The molecule has 1 heterocycles. The van der Waals surface area contributed by atoms with Gasteiger partial charge in [0.2, 0.25) is 11.7 Å². The Bertz CT molecular complexity index is 814. The standard InChI is InChI=1S/C18H16F3N3O/c1-24(11-13-5-3-2-4-6-13)12-16-22-17(23-25-16)14-7-9-15(10-8-14)18(19,20)21/h2-10H,11-12H2,1H3. The van der Waals surface area contributed by atoms with Crippen molar-refractivity contribution in [1.82, 2.24) is 15.0 Å². The largest absolute Gasteiger partial charge is 0.416 e. The van der Waals surface area contributed by atoms with E-state index >= 15 is 0 Å². The topological polar surface area (TPSA) is 42.2 Å². The SMILES string of the molecule is CN(Cc1ccccc1)Cc1nc(-c2ccc(C(F)(F)F)cc2)no1. The molecule has 130 valence electrons. The molecule has 3 aromatic rings. The number of aromatic nitrogens is 2. The van der Waals surface area contributed by atoms with Crippen LogP contribution in [0.1, 0.15) is 17.0 Å². The minimum absolute atomic E-state index is 0.275. The molecule has 0 saturated carbocycles. The highest BCUT2D eigenvalue weighted by atomic mass is 19.4. The van der Waals surface area contributed by atoms with Crippen LogP contribution in [0.5, 0.6) is 0 Å². The van der Waals surface area contributed by atoms with Crippen molar-refractivity contribution in [2.24, 2.45) is 0 Å². The molecule has 0 aliphatic rings. The number of benzene rings is 2. The first-order chi connectivity index (χ1) is 11.9. The van der Waals surface area contributed by atoms with E-state index in [1.165, 1.54) is 12.1 Å². The summed E-state index contributed by atoms with van der Waals surface area (Å²) in [6.07, 6.45) is -4.36. The quantitative estimate of drug-likeness (QED) is 0.687. The number of alkyl halides is 3. The van der Waals surface area contributed by atoms with Gasteiger partial charge in [0.05, 0.1) is 12.1 Å². The summed E-state index contributed by atoms with van der Waals surface area (Å²) in [5.41, 5.74) is 0.934. The van der Waals surface area contributed by atoms with Crippen molar-refractivity contribution in [3.8, 4) is 11.4 Å². The number of rotatable bonds is 5. The fourth-order valence-electron chi connectivity index (χ4n) is 2.43. The third kappa shape index (κ3) is 4.45. The Kier molecular flexibility index (Phi) is 4.85. The van der Waals surface area contributed by atoms with E-state index in [-0.39, 0.29) is 5.82 Å². The summed E-state index contributed by atoms with van der Waals surface area (Å²) in [5, 5.41) is 3.84. The summed E-state index contributed by atoms with van der Waals surface area (Å²) < 4.78 is 43.0. The lowest BCUT2D eigenvalue weighted by Gasteiger charge is -2.13.